The number of thiophene rings is 1. The molecule has 1 aliphatic rings. The zero-order chi connectivity index (χ0) is 20.1. The van der Waals surface area contributed by atoms with E-state index in [1.165, 1.54) is 24.2 Å². The highest BCUT2D eigenvalue weighted by atomic mass is 32.1. The molecule has 0 aliphatic carbocycles. The highest BCUT2D eigenvalue weighted by Gasteiger charge is 2.13. The first-order valence-corrected chi connectivity index (χ1v) is 10.6. The Labute approximate surface area is 174 Å². The normalized spacial score (nSPS) is 15.8. The minimum Gasteiger partial charge on any atom is -0.494 e. The van der Waals surface area contributed by atoms with E-state index in [0.717, 1.165) is 47.1 Å². The van der Waals surface area contributed by atoms with Gasteiger partial charge in [-0.1, -0.05) is 0 Å². The predicted molar refractivity (Wildman–Crippen MR) is 116 cm³/mol. The average Bonchev–Trinajstić information content (AvgIpc) is 3.43. The molecule has 2 N–H and O–H groups in total. The van der Waals surface area contributed by atoms with Crippen molar-refractivity contribution in [1.29, 1.82) is 5.26 Å². The number of nitrogens with zero attached hydrogens (tertiary/aromatic N) is 3. The summed E-state index contributed by atoms with van der Waals surface area (Å²) in [5.74, 6) is 1.39. The van der Waals surface area contributed by atoms with Crippen LogP contribution in [0.15, 0.2) is 42.6 Å². The number of nitriles is 1. The number of nitrogens with one attached hydrogen (secondary N) is 2. The van der Waals surface area contributed by atoms with Crippen LogP contribution in [0.25, 0.3) is 10.6 Å². The summed E-state index contributed by atoms with van der Waals surface area (Å²) < 4.78 is 5.85. The van der Waals surface area contributed by atoms with Gasteiger partial charge in [0.1, 0.15) is 16.7 Å². The molecule has 148 valence electrons. The fraction of sp³-hybridized carbons (Fsp3) is 0.318. The van der Waals surface area contributed by atoms with Crippen LogP contribution in [0, 0.1) is 18.3 Å². The van der Waals surface area contributed by atoms with Crippen LogP contribution in [0.1, 0.15) is 29.7 Å². The van der Waals surface area contributed by atoms with Crippen LogP contribution in [-0.4, -0.2) is 29.2 Å². The molecule has 1 unspecified atom stereocenters. The van der Waals surface area contributed by atoms with Crippen molar-refractivity contribution in [2.75, 3.05) is 18.5 Å². The predicted octanol–water partition coefficient (Wildman–Crippen LogP) is 4.65. The number of benzene rings is 1. The van der Waals surface area contributed by atoms with E-state index in [1.54, 1.807) is 6.20 Å². The zero-order valence-corrected chi connectivity index (χ0v) is 17.1. The molecule has 0 spiro atoms. The lowest BCUT2D eigenvalue weighted by molar-refractivity contribution is 0.292. The third-order valence-electron chi connectivity index (χ3n) is 4.93. The summed E-state index contributed by atoms with van der Waals surface area (Å²) in [6, 6.07) is 14.3. The van der Waals surface area contributed by atoms with Crippen molar-refractivity contribution < 1.29 is 4.74 Å². The van der Waals surface area contributed by atoms with E-state index in [2.05, 4.69) is 26.7 Å². The van der Waals surface area contributed by atoms with Crippen molar-refractivity contribution in [3.63, 3.8) is 0 Å². The molecule has 0 amide bonds. The minimum atomic E-state index is 0.526. The first-order valence-electron chi connectivity index (χ1n) is 9.78. The van der Waals surface area contributed by atoms with Gasteiger partial charge in [-0.15, -0.1) is 11.3 Å². The first-order chi connectivity index (χ1) is 14.2. The fourth-order valence-electron chi connectivity index (χ4n) is 3.36. The highest BCUT2D eigenvalue weighted by Crippen LogP contribution is 2.29. The van der Waals surface area contributed by atoms with Gasteiger partial charge in [0.25, 0.3) is 0 Å². The van der Waals surface area contributed by atoms with Crippen LogP contribution >= 0.6 is 11.3 Å². The van der Waals surface area contributed by atoms with Gasteiger partial charge in [0.2, 0.25) is 5.95 Å². The second-order valence-electron chi connectivity index (χ2n) is 7.08. The van der Waals surface area contributed by atoms with Gasteiger partial charge in [0.05, 0.1) is 17.2 Å². The number of hydrogen-bond donors (Lipinski definition) is 2. The van der Waals surface area contributed by atoms with E-state index in [9.17, 15) is 0 Å². The first kappa shape index (κ1) is 19.4. The minimum absolute atomic E-state index is 0.526. The monoisotopic (exact) mass is 405 g/mol. The molecule has 2 aromatic heterocycles. The van der Waals surface area contributed by atoms with Crippen molar-refractivity contribution in [2.24, 2.45) is 0 Å². The van der Waals surface area contributed by atoms with E-state index in [0.29, 0.717) is 16.9 Å². The summed E-state index contributed by atoms with van der Waals surface area (Å²) in [5.41, 5.74) is 2.71. The summed E-state index contributed by atoms with van der Waals surface area (Å²) in [6.07, 6.45) is 5.34. The molecule has 7 heteroatoms. The Morgan fingerprint density at radius 1 is 1.28 bits per heavy atom. The van der Waals surface area contributed by atoms with E-state index < -0.39 is 0 Å². The van der Waals surface area contributed by atoms with Gasteiger partial charge in [-0.3, -0.25) is 0 Å². The van der Waals surface area contributed by atoms with Crippen molar-refractivity contribution in [2.45, 2.75) is 32.2 Å². The van der Waals surface area contributed by atoms with E-state index >= 15 is 0 Å². The van der Waals surface area contributed by atoms with Crippen molar-refractivity contribution in [1.82, 2.24) is 15.3 Å². The van der Waals surface area contributed by atoms with Crippen LogP contribution in [-0.2, 0) is 0 Å². The molecular formula is C22H23N5OS. The largest absolute Gasteiger partial charge is 0.494 e. The van der Waals surface area contributed by atoms with Crippen LogP contribution in [0.4, 0.5) is 11.6 Å². The maximum absolute atomic E-state index is 9.05. The zero-order valence-electron chi connectivity index (χ0n) is 16.3. The average molecular weight is 406 g/mol. The fourth-order valence-corrected chi connectivity index (χ4v) is 4.22. The molecule has 1 fully saturated rings. The van der Waals surface area contributed by atoms with Crippen molar-refractivity contribution >= 4 is 23.0 Å². The van der Waals surface area contributed by atoms with E-state index in [1.807, 2.05) is 43.3 Å². The van der Waals surface area contributed by atoms with Gasteiger partial charge in [0, 0.05) is 17.9 Å². The number of aromatic nitrogens is 2. The molecule has 4 rings (SSSR count). The Balaban J connectivity index is 1.38. The van der Waals surface area contributed by atoms with Crippen molar-refractivity contribution in [3.05, 3.63) is 53.0 Å². The molecule has 0 radical (unpaired) electrons. The summed E-state index contributed by atoms with van der Waals surface area (Å²) >= 11 is 1.43. The van der Waals surface area contributed by atoms with Crippen molar-refractivity contribution in [3.8, 4) is 22.4 Å². The third-order valence-corrected chi connectivity index (χ3v) is 5.93. The molecule has 1 atom stereocenters. The molecule has 1 aliphatic heterocycles. The topological polar surface area (TPSA) is 82.9 Å². The Morgan fingerprint density at radius 3 is 2.86 bits per heavy atom. The maximum Gasteiger partial charge on any atom is 0.227 e. The van der Waals surface area contributed by atoms with Gasteiger partial charge in [-0.05, 0) is 74.7 Å². The number of aryl methyl sites for hydroxylation is 1. The Bertz CT molecular complexity index is 1000. The molecule has 29 heavy (non-hydrogen) atoms. The van der Waals surface area contributed by atoms with Gasteiger partial charge < -0.3 is 15.4 Å². The van der Waals surface area contributed by atoms with Gasteiger partial charge >= 0.3 is 0 Å². The molecule has 6 nitrogen and oxygen atoms in total. The lowest BCUT2D eigenvalue weighted by atomic mass is 10.2. The molecule has 0 saturated carbocycles. The molecule has 1 saturated heterocycles. The van der Waals surface area contributed by atoms with E-state index in [-0.39, 0.29) is 0 Å². The Morgan fingerprint density at radius 2 is 2.14 bits per heavy atom. The lowest BCUT2D eigenvalue weighted by Crippen LogP contribution is -2.23. The second-order valence-corrected chi connectivity index (χ2v) is 8.16. The summed E-state index contributed by atoms with van der Waals surface area (Å²) in [4.78, 5) is 10.7. The third kappa shape index (κ3) is 4.91. The van der Waals surface area contributed by atoms with Gasteiger partial charge in [-0.2, -0.15) is 5.26 Å². The Hall–Kier alpha value is -2.95. The quantitative estimate of drug-likeness (QED) is 0.595. The summed E-state index contributed by atoms with van der Waals surface area (Å²) in [6.45, 7) is 3.82. The molecule has 1 aromatic carbocycles. The number of ether oxygens (including phenoxy) is 1. The molecular weight excluding hydrogens is 382 g/mol. The van der Waals surface area contributed by atoms with Crippen LogP contribution in [0.2, 0.25) is 0 Å². The smallest absolute Gasteiger partial charge is 0.227 e. The number of rotatable bonds is 7. The lowest BCUT2D eigenvalue weighted by Gasteiger charge is -2.12. The van der Waals surface area contributed by atoms with Gasteiger partial charge in [-0.25, -0.2) is 9.97 Å². The number of anilines is 2. The standard InChI is InChI=1S/C22H23N5OS/c1-15-14-25-22(27-21(15)20-9-8-19(13-23)29-20)26-17-4-6-18(7-5-17)28-12-10-16-3-2-11-24-16/h4-9,14,16,24H,2-3,10-12H2,1H3,(H,25,26,27). The SMILES string of the molecule is Cc1cnc(Nc2ccc(OCCC3CCCN3)cc2)nc1-c1ccc(C#N)s1. The molecule has 3 aromatic rings. The highest BCUT2D eigenvalue weighted by molar-refractivity contribution is 7.16. The molecule has 0 bridgehead atoms. The van der Waals surface area contributed by atoms with Crippen LogP contribution in [0.5, 0.6) is 5.75 Å². The van der Waals surface area contributed by atoms with E-state index in [4.69, 9.17) is 10.00 Å². The van der Waals surface area contributed by atoms with Crippen LogP contribution in [0.3, 0.4) is 0 Å². The second kappa shape index (κ2) is 9.03. The Kier molecular flexibility index (Phi) is 6.03. The molecule has 3 heterocycles. The number of hydrogen-bond acceptors (Lipinski definition) is 7. The maximum atomic E-state index is 9.05. The van der Waals surface area contributed by atoms with Crippen LogP contribution < -0.4 is 15.4 Å². The summed E-state index contributed by atoms with van der Waals surface area (Å²) in [5, 5.41) is 15.8. The van der Waals surface area contributed by atoms with Gasteiger partial charge in [0.15, 0.2) is 0 Å². The summed E-state index contributed by atoms with van der Waals surface area (Å²) in [7, 11) is 0.